The zero-order chi connectivity index (χ0) is 11.5. The van der Waals surface area contributed by atoms with Crippen molar-refractivity contribution in [2.45, 2.75) is 51.2 Å². The molecule has 0 aliphatic carbocycles. The molecule has 1 saturated heterocycles. The summed E-state index contributed by atoms with van der Waals surface area (Å²) in [5, 5.41) is 0. The topological polar surface area (TPSA) is 42.1 Å². The van der Waals surface area contributed by atoms with Crippen molar-refractivity contribution in [3.63, 3.8) is 0 Å². The minimum Gasteiger partial charge on any atom is -0.329 e. The Balaban J connectivity index is 2.15. The number of likely N-dealkylation sites (tertiary alicyclic amines) is 1. The number of nitrogens with zero attached hydrogens (tertiary/aromatic N) is 2. The first kappa shape index (κ1) is 12.0. The van der Waals surface area contributed by atoms with E-state index in [1.807, 2.05) is 11.7 Å². The lowest BCUT2D eigenvalue weighted by Crippen LogP contribution is -2.49. The second-order valence-corrected chi connectivity index (χ2v) is 5.61. The SMILES string of the molecule is CC1CCCC(CN)N1C(C)c1cncs1. The van der Waals surface area contributed by atoms with Crippen LogP contribution < -0.4 is 5.73 Å². The van der Waals surface area contributed by atoms with Crippen molar-refractivity contribution in [1.82, 2.24) is 9.88 Å². The second kappa shape index (κ2) is 5.25. The molecule has 1 aromatic rings. The molecule has 0 spiro atoms. The average Bonchev–Trinajstić information content (AvgIpc) is 2.81. The molecule has 1 aliphatic heterocycles. The van der Waals surface area contributed by atoms with E-state index in [2.05, 4.69) is 23.7 Å². The number of thiazole rings is 1. The maximum Gasteiger partial charge on any atom is 0.0794 e. The standard InChI is InChI=1S/C12H21N3S/c1-9-4-3-5-11(6-13)15(9)10(2)12-7-14-8-16-12/h7-11H,3-6,13H2,1-2H3. The van der Waals surface area contributed by atoms with E-state index in [1.165, 1.54) is 24.1 Å². The van der Waals surface area contributed by atoms with Crippen LogP contribution in [0.15, 0.2) is 11.7 Å². The van der Waals surface area contributed by atoms with Gasteiger partial charge in [0.25, 0.3) is 0 Å². The highest BCUT2D eigenvalue weighted by molar-refractivity contribution is 7.09. The lowest BCUT2D eigenvalue weighted by Gasteiger charge is -2.43. The minimum atomic E-state index is 0.455. The predicted octanol–water partition coefficient (Wildman–Crippen LogP) is 2.41. The van der Waals surface area contributed by atoms with Crippen LogP contribution in [-0.4, -0.2) is 28.5 Å². The molecule has 0 aromatic carbocycles. The Morgan fingerprint density at radius 1 is 1.62 bits per heavy atom. The molecule has 1 aromatic heterocycles. The van der Waals surface area contributed by atoms with Gasteiger partial charge in [0.15, 0.2) is 0 Å². The van der Waals surface area contributed by atoms with Crippen LogP contribution in [0.25, 0.3) is 0 Å². The molecule has 0 saturated carbocycles. The monoisotopic (exact) mass is 239 g/mol. The Morgan fingerprint density at radius 3 is 3.06 bits per heavy atom. The van der Waals surface area contributed by atoms with Crippen LogP contribution in [0.3, 0.4) is 0 Å². The van der Waals surface area contributed by atoms with E-state index in [0.29, 0.717) is 18.1 Å². The Labute approximate surface area is 102 Å². The van der Waals surface area contributed by atoms with E-state index in [9.17, 15) is 0 Å². The Hall–Kier alpha value is -0.450. The fraction of sp³-hybridized carbons (Fsp3) is 0.750. The van der Waals surface area contributed by atoms with Crippen molar-refractivity contribution in [2.24, 2.45) is 5.73 Å². The van der Waals surface area contributed by atoms with Crippen molar-refractivity contribution in [2.75, 3.05) is 6.54 Å². The van der Waals surface area contributed by atoms with E-state index in [1.54, 1.807) is 11.3 Å². The number of hydrogen-bond donors (Lipinski definition) is 1. The molecular formula is C12H21N3S. The van der Waals surface area contributed by atoms with Crippen molar-refractivity contribution >= 4 is 11.3 Å². The molecule has 3 nitrogen and oxygen atoms in total. The highest BCUT2D eigenvalue weighted by Crippen LogP contribution is 2.33. The number of rotatable bonds is 3. The van der Waals surface area contributed by atoms with Gasteiger partial charge in [0.2, 0.25) is 0 Å². The molecule has 2 heterocycles. The summed E-state index contributed by atoms with van der Waals surface area (Å²) in [7, 11) is 0. The normalized spacial score (nSPS) is 29.2. The number of piperidine rings is 1. The lowest BCUT2D eigenvalue weighted by molar-refractivity contribution is 0.0584. The Bertz CT molecular complexity index is 312. The van der Waals surface area contributed by atoms with Gasteiger partial charge in [0, 0.05) is 35.7 Å². The van der Waals surface area contributed by atoms with Gasteiger partial charge in [0.05, 0.1) is 5.51 Å². The first-order valence-corrected chi connectivity index (χ1v) is 6.98. The summed E-state index contributed by atoms with van der Waals surface area (Å²) in [5.74, 6) is 0. The summed E-state index contributed by atoms with van der Waals surface area (Å²) in [5.41, 5.74) is 7.81. The van der Waals surface area contributed by atoms with E-state index in [0.717, 1.165) is 6.54 Å². The molecule has 0 radical (unpaired) electrons. The Morgan fingerprint density at radius 2 is 2.44 bits per heavy atom. The first-order valence-electron chi connectivity index (χ1n) is 6.10. The van der Waals surface area contributed by atoms with Gasteiger partial charge in [0.1, 0.15) is 0 Å². The molecule has 4 heteroatoms. The number of hydrogen-bond acceptors (Lipinski definition) is 4. The first-order chi connectivity index (χ1) is 7.74. The van der Waals surface area contributed by atoms with Crippen LogP contribution in [0.2, 0.25) is 0 Å². The largest absolute Gasteiger partial charge is 0.329 e. The molecule has 90 valence electrons. The smallest absolute Gasteiger partial charge is 0.0794 e. The van der Waals surface area contributed by atoms with E-state index < -0.39 is 0 Å². The molecule has 3 atom stereocenters. The molecule has 1 aliphatic rings. The molecule has 2 N–H and O–H groups in total. The van der Waals surface area contributed by atoms with Crippen molar-refractivity contribution in [3.05, 3.63) is 16.6 Å². The predicted molar refractivity (Wildman–Crippen MR) is 68.5 cm³/mol. The summed E-state index contributed by atoms with van der Waals surface area (Å²) in [6.45, 7) is 5.37. The molecule has 1 fully saturated rings. The van der Waals surface area contributed by atoms with Gasteiger partial charge in [-0.25, -0.2) is 0 Å². The fourth-order valence-corrected chi connectivity index (χ4v) is 3.51. The van der Waals surface area contributed by atoms with Crippen LogP contribution >= 0.6 is 11.3 Å². The van der Waals surface area contributed by atoms with Crippen LogP contribution in [0, 0.1) is 0 Å². The molecular weight excluding hydrogens is 218 g/mol. The van der Waals surface area contributed by atoms with Crippen molar-refractivity contribution in [3.8, 4) is 0 Å². The summed E-state index contributed by atoms with van der Waals surface area (Å²) >= 11 is 1.75. The van der Waals surface area contributed by atoms with Crippen LogP contribution in [0.1, 0.15) is 44.0 Å². The minimum absolute atomic E-state index is 0.455. The van der Waals surface area contributed by atoms with Gasteiger partial charge in [-0.3, -0.25) is 9.88 Å². The maximum absolute atomic E-state index is 5.89. The van der Waals surface area contributed by atoms with Crippen LogP contribution in [0.5, 0.6) is 0 Å². The van der Waals surface area contributed by atoms with Gasteiger partial charge >= 0.3 is 0 Å². The number of nitrogens with two attached hydrogens (primary N) is 1. The third-order valence-corrected chi connectivity index (χ3v) is 4.62. The van der Waals surface area contributed by atoms with Gasteiger partial charge in [-0.2, -0.15) is 0 Å². The van der Waals surface area contributed by atoms with E-state index in [-0.39, 0.29) is 0 Å². The third-order valence-electron chi connectivity index (χ3n) is 3.67. The Kier molecular flexibility index (Phi) is 3.95. The molecule has 0 bridgehead atoms. The third kappa shape index (κ3) is 2.29. The quantitative estimate of drug-likeness (QED) is 0.880. The van der Waals surface area contributed by atoms with Gasteiger partial charge in [-0.05, 0) is 26.7 Å². The summed E-state index contributed by atoms with van der Waals surface area (Å²) in [6, 6.07) is 1.64. The maximum atomic E-state index is 5.89. The summed E-state index contributed by atoms with van der Waals surface area (Å²) in [4.78, 5) is 8.11. The molecule has 2 rings (SSSR count). The second-order valence-electron chi connectivity index (χ2n) is 4.70. The van der Waals surface area contributed by atoms with Crippen molar-refractivity contribution in [1.29, 1.82) is 0 Å². The molecule has 16 heavy (non-hydrogen) atoms. The average molecular weight is 239 g/mol. The molecule has 0 amide bonds. The van der Waals surface area contributed by atoms with Crippen molar-refractivity contribution < 1.29 is 0 Å². The zero-order valence-corrected chi connectivity index (χ0v) is 10.9. The van der Waals surface area contributed by atoms with Gasteiger partial charge in [-0.15, -0.1) is 11.3 Å². The summed E-state index contributed by atoms with van der Waals surface area (Å²) < 4.78 is 0. The van der Waals surface area contributed by atoms with Crippen LogP contribution in [0.4, 0.5) is 0 Å². The fourth-order valence-electron chi connectivity index (χ4n) is 2.82. The lowest BCUT2D eigenvalue weighted by atomic mass is 9.94. The summed E-state index contributed by atoms with van der Waals surface area (Å²) in [6.07, 6.45) is 5.84. The van der Waals surface area contributed by atoms with E-state index in [4.69, 9.17) is 5.73 Å². The highest BCUT2D eigenvalue weighted by atomic mass is 32.1. The molecule has 3 unspecified atom stereocenters. The zero-order valence-electron chi connectivity index (χ0n) is 10.1. The van der Waals surface area contributed by atoms with E-state index >= 15 is 0 Å². The van der Waals surface area contributed by atoms with Gasteiger partial charge < -0.3 is 5.73 Å². The number of aromatic nitrogens is 1. The van der Waals surface area contributed by atoms with Gasteiger partial charge in [-0.1, -0.05) is 6.42 Å². The van der Waals surface area contributed by atoms with Crippen LogP contribution in [-0.2, 0) is 0 Å². The highest BCUT2D eigenvalue weighted by Gasteiger charge is 2.31.